The number of carbonyl (C=O) groups is 2. The van der Waals surface area contributed by atoms with E-state index < -0.39 is 0 Å². The third kappa shape index (κ3) is 4.37. The fraction of sp³-hybridized carbons (Fsp3) is 0.550. The van der Waals surface area contributed by atoms with Crippen molar-refractivity contribution < 1.29 is 9.59 Å². The third-order valence-electron chi connectivity index (χ3n) is 5.75. The van der Waals surface area contributed by atoms with Crippen LogP contribution >= 0.6 is 0 Å². The predicted molar refractivity (Wildman–Crippen MR) is 111 cm³/mol. The molecule has 2 aliphatic rings. The predicted octanol–water partition coefficient (Wildman–Crippen LogP) is 0.507. The molecule has 4 heterocycles. The van der Waals surface area contributed by atoms with Gasteiger partial charge in [0.25, 0.3) is 0 Å². The standard InChI is InChI=1S/C20H27N7O3/c21-19(29)14-5-4-9-25(12-14)16-8-7-15(11-22-16)23-18(28)13-27-20(30)26-10-3-1-2-6-17(26)24-27/h7-8,11,14H,1-6,9-10,12-13H2,(H2,21,29)(H,23,28). The van der Waals surface area contributed by atoms with Crippen LogP contribution in [0.4, 0.5) is 11.5 Å². The van der Waals surface area contributed by atoms with Crippen molar-refractivity contribution >= 4 is 23.3 Å². The normalized spacial score (nSPS) is 19.1. The maximum Gasteiger partial charge on any atom is 0.346 e. The van der Waals surface area contributed by atoms with Crippen molar-refractivity contribution in [3.63, 3.8) is 0 Å². The molecule has 2 aliphatic heterocycles. The minimum Gasteiger partial charge on any atom is -0.369 e. The van der Waals surface area contributed by atoms with Gasteiger partial charge in [-0.1, -0.05) is 6.42 Å². The first-order valence-electron chi connectivity index (χ1n) is 10.5. The van der Waals surface area contributed by atoms with Crippen LogP contribution in [0.3, 0.4) is 0 Å². The molecular weight excluding hydrogens is 386 g/mol. The summed E-state index contributed by atoms with van der Waals surface area (Å²) in [6, 6.07) is 3.57. The number of fused-ring (bicyclic) bond motifs is 1. The van der Waals surface area contributed by atoms with Crippen molar-refractivity contribution in [2.24, 2.45) is 11.7 Å². The van der Waals surface area contributed by atoms with Gasteiger partial charge in [-0.25, -0.2) is 14.5 Å². The van der Waals surface area contributed by atoms with Crippen LogP contribution in [0, 0.1) is 5.92 Å². The molecule has 10 heteroatoms. The van der Waals surface area contributed by atoms with Crippen molar-refractivity contribution in [2.45, 2.75) is 51.6 Å². The Kier molecular flexibility index (Phi) is 5.82. The monoisotopic (exact) mass is 413 g/mol. The largest absolute Gasteiger partial charge is 0.369 e. The second-order valence-corrected chi connectivity index (χ2v) is 7.96. The molecule has 2 aromatic heterocycles. The number of rotatable bonds is 5. The van der Waals surface area contributed by atoms with Gasteiger partial charge in [0.05, 0.1) is 17.8 Å². The van der Waals surface area contributed by atoms with E-state index in [-0.39, 0.29) is 30.0 Å². The summed E-state index contributed by atoms with van der Waals surface area (Å²) in [4.78, 5) is 42.8. The van der Waals surface area contributed by atoms with E-state index in [0.29, 0.717) is 18.8 Å². The average Bonchev–Trinajstić information content (AvgIpc) is 2.90. The molecule has 0 saturated carbocycles. The van der Waals surface area contributed by atoms with Crippen molar-refractivity contribution in [3.05, 3.63) is 34.6 Å². The minimum atomic E-state index is -0.327. The second kappa shape index (κ2) is 8.68. The molecule has 4 rings (SSSR count). The summed E-state index contributed by atoms with van der Waals surface area (Å²) in [6.07, 6.45) is 7.09. The molecule has 30 heavy (non-hydrogen) atoms. The fourth-order valence-corrected chi connectivity index (χ4v) is 4.13. The van der Waals surface area contributed by atoms with Crippen LogP contribution in [0.5, 0.6) is 0 Å². The topological polar surface area (TPSA) is 128 Å². The molecule has 2 aromatic rings. The zero-order valence-electron chi connectivity index (χ0n) is 16.9. The molecule has 1 atom stereocenters. The number of piperidine rings is 1. The zero-order chi connectivity index (χ0) is 21.1. The van der Waals surface area contributed by atoms with Gasteiger partial charge in [-0.2, -0.15) is 5.10 Å². The van der Waals surface area contributed by atoms with Gasteiger partial charge in [0.1, 0.15) is 18.2 Å². The number of aryl methyl sites for hydroxylation is 1. The summed E-state index contributed by atoms with van der Waals surface area (Å²) < 4.78 is 2.91. The number of nitrogens with one attached hydrogen (secondary N) is 1. The molecule has 10 nitrogen and oxygen atoms in total. The Hall–Kier alpha value is -3.17. The highest BCUT2D eigenvalue weighted by Gasteiger charge is 2.24. The van der Waals surface area contributed by atoms with E-state index >= 15 is 0 Å². The fourth-order valence-electron chi connectivity index (χ4n) is 4.13. The second-order valence-electron chi connectivity index (χ2n) is 7.96. The first kappa shape index (κ1) is 20.1. The summed E-state index contributed by atoms with van der Waals surface area (Å²) in [6.45, 7) is 1.90. The van der Waals surface area contributed by atoms with Gasteiger partial charge in [-0.15, -0.1) is 0 Å². The Morgan fingerprint density at radius 2 is 2.03 bits per heavy atom. The lowest BCUT2D eigenvalue weighted by Crippen LogP contribution is -2.41. The molecular formula is C20H27N7O3. The Balaban J connectivity index is 1.37. The highest BCUT2D eigenvalue weighted by atomic mass is 16.2. The summed E-state index contributed by atoms with van der Waals surface area (Å²) in [5, 5.41) is 7.10. The van der Waals surface area contributed by atoms with Crippen LogP contribution in [0.2, 0.25) is 0 Å². The van der Waals surface area contributed by atoms with Crippen LogP contribution in [0.15, 0.2) is 23.1 Å². The maximum atomic E-state index is 12.5. The number of nitrogens with two attached hydrogens (primary N) is 1. The van der Waals surface area contributed by atoms with Crippen LogP contribution in [-0.4, -0.2) is 44.2 Å². The number of primary amides is 1. The number of hydrogen-bond acceptors (Lipinski definition) is 6. The van der Waals surface area contributed by atoms with Crippen molar-refractivity contribution in [3.8, 4) is 0 Å². The molecule has 1 fully saturated rings. The van der Waals surface area contributed by atoms with Crippen LogP contribution in [-0.2, 0) is 29.1 Å². The Bertz CT molecular complexity index is 979. The molecule has 0 spiro atoms. The number of nitrogens with zero attached hydrogens (tertiary/aromatic N) is 5. The Morgan fingerprint density at radius 1 is 1.17 bits per heavy atom. The lowest BCUT2D eigenvalue weighted by atomic mass is 9.97. The van der Waals surface area contributed by atoms with Gasteiger partial charge < -0.3 is 16.0 Å². The van der Waals surface area contributed by atoms with Crippen molar-refractivity contribution in [1.82, 2.24) is 19.3 Å². The van der Waals surface area contributed by atoms with Gasteiger partial charge in [0, 0.05) is 26.1 Å². The lowest BCUT2D eigenvalue weighted by Gasteiger charge is -2.32. The highest BCUT2D eigenvalue weighted by Crippen LogP contribution is 2.22. The quantitative estimate of drug-likeness (QED) is 0.735. The van der Waals surface area contributed by atoms with E-state index in [1.54, 1.807) is 16.8 Å². The van der Waals surface area contributed by atoms with E-state index in [1.165, 1.54) is 4.68 Å². The Labute approximate surface area is 174 Å². The molecule has 160 valence electrons. The SMILES string of the molecule is NC(=O)C1CCCN(c2ccc(NC(=O)Cn3nc4n(c3=O)CCCCC4)cn2)C1. The molecule has 1 saturated heterocycles. The number of pyridine rings is 1. The lowest BCUT2D eigenvalue weighted by molar-refractivity contribution is -0.122. The van der Waals surface area contributed by atoms with E-state index in [2.05, 4.69) is 15.4 Å². The molecule has 0 aromatic carbocycles. The molecule has 3 N–H and O–H groups in total. The summed E-state index contributed by atoms with van der Waals surface area (Å²) in [5.41, 5.74) is 5.75. The zero-order valence-corrected chi connectivity index (χ0v) is 16.9. The Morgan fingerprint density at radius 3 is 2.80 bits per heavy atom. The molecule has 0 bridgehead atoms. The van der Waals surface area contributed by atoms with Crippen molar-refractivity contribution in [2.75, 3.05) is 23.3 Å². The van der Waals surface area contributed by atoms with Crippen molar-refractivity contribution in [1.29, 1.82) is 0 Å². The average molecular weight is 413 g/mol. The summed E-state index contributed by atoms with van der Waals surface area (Å²) in [5.74, 6) is 0.727. The number of carbonyl (C=O) groups excluding carboxylic acids is 2. The number of anilines is 2. The molecule has 0 radical (unpaired) electrons. The number of aromatic nitrogens is 4. The number of amides is 2. The molecule has 0 aliphatic carbocycles. The third-order valence-corrected chi connectivity index (χ3v) is 5.75. The van der Waals surface area contributed by atoms with Crippen LogP contribution in [0.25, 0.3) is 0 Å². The first-order chi connectivity index (χ1) is 14.5. The van der Waals surface area contributed by atoms with Gasteiger partial charge in [-0.05, 0) is 37.8 Å². The number of hydrogen-bond donors (Lipinski definition) is 2. The van der Waals surface area contributed by atoms with E-state index in [1.807, 2.05) is 11.0 Å². The van der Waals surface area contributed by atoms with Gasteiger partial charge in [0.2, 0.25) is 11.8 Å². The van der Waals surface area contributed by atoms with E-state index in [4.69, 9.17) is 5.73 Å². The highest BCUT2D eigenvalue weighted by molar-refractivity contribution is 5.90. The first-order valence-corrected chi connectivity index (χ1v) is 10.5. The smallest absolute Gasteiger partial charge is 0.346 e. The molecule has 1 unspecified atom stereocenters. The van der Waals surface area contributed by atoms with Gasteiger partial charge in [0.15, 0.2) is 0 Å². The minimum absolute atomic E-state index is 0.132. The maximum absolute atomic E-state index is 12.5. The van der Waals surface area contributed by atoms with Crippen LogP contribution in [0.1, 0.15) is 37.9 Å². The summed E-state index contributed by atoms with van der Waals surface area (Å²) >= 11 is 0. The van der Waals surface area contributed by atoms with E-state index in [0.717, 1.165) is 56.7 Å². The van der Waals surface area contributed by atoms with Gasteiger partial charge >= 0.3 is 5.69 Å². The van der Waals surface area contributed by atoms with Crippen LogP contribution < -0.4 is 21.6 Å². The van der Waals surface area contributed by atoms with E-state index in [9.17, 15) is 14.4 Å². The van der Waals surface area contributed by atoms with Gasteiger partial charge in [-0.3, -0.25) is 14.2 Å². The molecule has 2 amide bonds. The summed E-state index contributed by atoms with van der Waals surface area (Å²) in [7, 11) is 0.